The van der Waals surface area contributed by atoms with Gasteiger partial charge in [-0.15, -0.1) is 0 Å². The largest absolute Gasteiger partial charge is 0.591 e. The zero-order valence-corrected chi connectivity index (χ0v) is 20.7. The summed E-state index contributed by atoms with van der Waals surface area (Å²) in [5.74, 6) is 0. The molecule has 0 spiro atoms. The molecule has 0 bridgehead atoms. The second kappa shape index (κ2) is 11.0. The van der Waals surface area contributed by atoms with Crippen LogP contribution in [-0.4, -0.2) is 29.6 Å². The van der Waals surface area contributed by atoms with E-state index >= 15 is 0 Å². The van der Waals surface area contributed by atoms with Crippen molar-refractivity contribution in [2.24, 2.45) is 0 Å². The van der Waals surface area contributed by atoms with E-state index in [1.165, 1.54) is 36.4 Å². The second-order valence-corrected chi connectivity index (χ2v) is 11.0. The molecule has 1 radical (unpaired) electrons. The Kier molecular flexibility index (Phi) is 9.35. The van der Waals surface area contributed by atoms with Crippen LogP contribution in [0.4, 0.5) is 0 Å². The summed E-state index contributed by atoms with van der Waals surface area (Å²) in [7, 11) is -9.19. The van der Waals surface area contributed by atoms with Crippen molar-refractivity contribution in [3.8, 4) is 0 Å². The van der Waals surface area contributed by atoms with Gasteiger partial charge in [-0.25, -0.2) is 0 Å². The van der Waals surface area contributed by atoms with Gasteiger partial charge < -0.3 is 14.7 Å². The molecule has 3 aromatic rings. The van der Waals surface area contributed by atoms with Crippen LogP contribution in [0, 0.1) is 0 Å². The summed E-state index contributed by atoms with van der Waals surface area (Å²) in [6.07, 6.45) is 0. The number of rotatable bonds is 6. The van der Waals surface area contributed by atoms with Gasteiger partial charge in [0.2, 0.25) is 0 Å². The van der Waals surface area contributed by atoms with Crippen molar-refractivity contribution in [1.82, 2.24) is 0 Å². The maximum Gasteiger partial charge on any atom is 0.348 e. The molecule has 0 aliphatic rings. The monoisotopic (exact) mass is 471 g/mol. The molecule has 29 heavy (non-hydrogen) atoms. The molecule has 3 aromatic carbocycles. The van der Waals surface area contributed by atoms with Gasteiger partial charge in [-0.2, -0.15) is 0 Å². The quantitative estimate of drug-likeness (QED) is 0.345. The molecule has 0 heterocycles. The minimum absolute atomic E-state index is 0. The maximum atomic E-state index is 11.2. The summed E-state index contributed by atoms with van der Waals surface area (Å²) in [6, 6.07) is 19.4. The van der Waals surface area contributed by atoms with Gasteiger partial charge >= 0.3 is 24.1 Å². The van der Waals surface area contributed by atoms with Gasteiger partial charge in [-0.05, 0) is 96.6 Å². The van der Waals surface area contributed by atoms with Crippen LogP contribution in [0.3, 0.4) is 0 Å². The SMILES string of the molecule is O=[P+]([O-])c1ccc(P(c2ccc([P+](=O)[O-])cc2)c2ccc([P+](=O)[O-])cc2)cc1.[Na]. The summed E-state index contributed by atoms with van der Waals surface area (Å²) in [4.78, 5) is 33.5. The molecule has 3 unspecified atom stereocenters. The van der Waals surface area contributed by atoms with E-state index in [-0.39, 0.29) is 45.5 Å². The topological polar surface area (TPSA) is 120 Å². The van der Waals surface area contributed by atoms with Crippen LogP contribution in [0.25, 0.3) is 0 Å². The van der Waals surface area contributed by atoms with E-state index in [4.69, 9.17) is 0 Å². The Balaban J connectivity index is 0.00000300. The molecule has 0 N–H and O–H groups in total. The molecule has 0 saturated carbocycles. The minimum atomic E-state index is -2.69. The average Bonchev–Trinajstić information content (AvgIpc) is 2.69. The summed E-state index contributed by atoms with van der Waals surface area (Å²) in [6.45, 7) is 0. The van der Waals surface area contributed by atoms with E-state index in [0.717, 1.165) is 15.9 Å². The van der Waals surface area contributed by atoms with E-state index in [9.17, 15) is 28.4 Å². The number of benzene rings is 3. The van der Waals surface area contributed by atoms with E-state index in [2.05, 4.69) is 0 Å². The Morgan fingerprint density at radius 1 is 0.483 bits per heavy atom. The van der Waals surface area contributed by atoms with Crippen LogP contribution in [-0.2, 0) is 13.7 Å². The first kappa shape index (κ1) is 24.5. The van der Waals surface area contributed by atoms with Crippen LogP contribution in [0.1, 0.15) is 0 Å². The van der Waals surface area contributed by atoms with Gasteiger partial charge in [0.25, 0.3) is 0 Å². The van der Waals surface area contributed by atoms with E-state index in [1.54, 1.807) is 36.4 Å². The molecule has 6 nitrogen and oxygen atoms in total. The van der Waals surface area contributed by atoms with Crippen LogP contribution in [0.15, 0.2) is 72.8 Å². The molecule has 0 saturated heterocycles. The third-order valence-electron chi connectivity index (χ3n) is 3.96. The minimum Gasteiger partial charge on any atom is -0.591 e. The van der Waals surface area contributed by atoms with Gasteiger partial charge in [-0.1, -0.05) is 13.7 Å². The summed E-state index contributed by atoms with van der Waals surface area (Å²) in [5, 5.41) is 3.17. The van der Waals surface area contributed by atoms with Crippen LogP contribution < -0.4 is 46.5 Å². The molecule has 141 valence electrons. The van der Waals surface area contributed by atoms with Gasteiger partial charge in [-0.3, -0.25) is 0 Å². The molecule has 0 aliphatic carbocycles. The van der Waals surface area contributed by atoms with E-state index < -0.39 is 32.0 Å². The fourth-order valence-electron chi connectivity index (χ4n) is 2.62. The van der Waals surface area contributed by atoms with Gasteiger partial charge in [0.1, 0.15) is 0 Å². The zero-order chi connectivity index (χ0) is 20.3. The fraction of sp³-hybridized carbons (Fsp3) is 0. The molecule has 0 aliphatic heterocycles. The Labute approximate surface area is 193 Å². The van der Waals surface area contributed by atoms with Crippen LogP contribution in [0.2, 0.25) is 0 Å². The zero-order valence-electron chi connectivity index (χ0n) is 15.2. The van der Waals surface area contributed by atoms with Crippen molar-refractivity contribution in [3.63, 3.8) is 0 Å². The molecule has 0 aromatic heterocycles. The summed E-state index contributed by atoms with van der Waals surface area (Å²) >= 11 is 0. The van der Waals surface area contributed by atoms with Gasteiger partial charge in [0.05, 0.1) is 0 Å². The van der Waals surface area contributed by atoms with Crippen molar-refractivity contribution >= 4 is 93.4 Å². The smallest absolute Gasteiger partial charge is 0.348 e. The normalized spacial score (nSPS) is 13.1. The Bertz CT molecular complexity index is 903. The fourth-order valence-corrected chi connectivity index (χ4v) is 6.03. The van der Waals surface area contributed by atoms with Crippen LogP contribution in [0.5, 0.6) is 0 Å². The molecular formula is C18H12NaO6P4. The maximum absolute atomic E-state index is 11.2. The van der Waals surface area contributed by atoms with Gasteiger partial charge in [0, 0.05) is 29.6 Å². The first-order valence-corrected chi connectivity index (χ1v) is 12.8. The number of hydrogen-bond donors (Lipinski definition) is 0. The third-order valence-corrected chi connectivity index (χ3v) is 8.56. The second-order valence-electron chi connectivity index (χ2n) is 5.66. The first-order chi connectivity index (χ1) is 13.4. The van der Waals surface area contributed by atoms with E-state index in [1.807, 2.05) is 0 Å². The predicted molar refractivity (Wildman–Crippen MR) is 113 cm³/mol. The van der Waals surface area contributed by atoms with Gasteiger partial charge in [0.15, 0.2) is 15.9 Å². The molecule has 3 atom stereocenters. The number of hydrogen-bond acceptors (Lipinski definition) is 6. The first-order valence-electron chi connectivity index (χ1n) is 7.90. The standard InChI is InChI=1S/C18H12O6P4.Na/c19-26(20)16-7-1-13(2-8-16)25(14-3-9-17(10-4-14)27(21)22)15-5-11-18(12-6-15)28(23)24;/h1-12H;. The molecule has 0 fully saturated rings. The summed E-state index contributed by atoms with van der Waals surface area (Å²) in [5.41, 5.74) is 0. The van der Waals surface area contributed by atoms with Crippen molar-refractivity contribution in [1.29, 1.82) is 0 Å². The Morgan fingerprint density at radius 2 is 0.690 bits per heavy atom. The van der Waals surface area contributed by atoms with E-state index in [0.29, 0.717) is 0 Å². The van der Waals surface area contributed by atoms with Crippen molar-refractivity contribution in [3.05, 3.63) is 72.8 Å². The molecule has 0 amide bonds. The molecule has 11 heteroatoms. The average molecular weight is 471 g/mol. The summed E-state index contributed by atoms with van der Waals surface area (Å²) < 4.78 is 33.5. The van der Waals surface area contributed by atoms with Crippen molar-refractivity contribution in [2.75, 3.05) is 0 Å². The van der Waals surface area contributed by atoms with Crippen molar-refractivity contribution < 1.29 is 28.4 Å². The Morgan fingerprint density at radius 3 is 0.862 bits per heavy atom. The molecular weight excluding hydrogens is 459 g/mol. The Hall–Kier alpha value is -0.730. The predicted octanol–water partition coefficient (Wildman–Crippen LogP) is -0.752. The third kappa shape index (κ3) is 6.14. The van der Waals surface area contributed by atoms with Crippen molar-refractivity contribution in [2.45, 2.75) is 0 Å². The van der Waals surface area contributed by atoms with Crippen LogP contribution >= 0.6 is 32.0 Å². The molecule has 3 rings (SSSR count).